The van der Waals surface area contributed by atoms with Crippen LogP contribution in [0, 0.1) is 0 Å². The molecule has 25 heavy (non-hydrogen) atoms. The summed E-state index contributed by atoms with van der Waals surface area (Å²) < 4.78 is 0. The van der Waals surface area contributed by atoms with Gasteiger partial charge in [-0.05, 0) is 17.0 Å². The largest absolute Gasteiger partial charge is 0.351 e. The highest BCUT2D eigenvalue weighted by atomic mass is 32.2. The molecule has 0 fully saturated rings. The van der Waals surface area contributed by atoms with Gasteiger partial charge in [-0.1, -0.05) is 48.2 Å². The zero-order valence-electron chi connectivity index (χ0n) is 13.4. The zero-order valence-corrected chi connectivity index (χ0v) is 15.0. The lowest BCUT2D eigenvalue weighted by Gasteiger charge is -2.05. The lowest BCUT2D eigenvalue weighted by Crippen LogP contribution is -2.25. The predicted octanol–water partition coefficient (Wildman–Crippen LogP) is 2.98. The number of thiophene rings is 1. The van der Waals surface area contributed by atoms with Crippen molar-refractivity contribution in [3.63, 3.8) is 0 Å². The fourth-order valence-electron chi connectivity index (χ4n) is 2.19. The summed E-state index contributed by atoms with van der Waals surface area (Å²) in [4.78, 5) is 32.0. The zero-order chi connectivity index (χ0) is 17.5. The maximum absolute atomic E-state index is 12.0. The lowest BCUT2D eigenvalue weighted by atomic mass is 10.2. The molecule has 2 heterocycles. The minimum absolute atomic E-state index is 0.0915. The first-order valence-corrected chi connectivity index (χ1v) is 9.61. The van der Waals surface area contributed by atoms with Crippen molar-refractivity contribution < 1.29 is 4.79 Å². The number of aromatic amines is 1. The van der Waals surface area contributed by atoms with E-state index in [1.54, 1.807) is 11.3 Å². The van der Waals surface area contributed by atoms with Crippen LogP contribution in [0.25, 0.3) is 0 Å². The van der Waals surface area contributed by atoms with E-state index in [4.69, 9.17) is 0 Å². The summed E-state index contributed by atoms with van der Waals surface area (Å²) in [5, 5.41) is 5.34. The van der Waals surface area contributed by atoms with Gasteiger partial charge in [-0.3, -0.25) is 9.59 Å². The number of H-pyrrole nitrogens is 1. The number of carbonyl (C=O) groups excluding carboxylic acids is 1. The molecule has 0 aliphatic heterocycles. The van der Waals surface area contributed by atoms with E-state index < -0.39 is 0 Å². The highest BCUT2D eigenvalue weighted by molar-refractivity contribution is 7.98. The molecular formula is C18H17N3O2S2. The molecule has 2 N–H and O–H groups in total. The molecule has 0 atom stereocenters. The van der Waals surface area contributed by atoms with E-state index in [9.17, 15) is 9.59 Å². The van der Waals surface area contributed by atoms with Crippen molar-refractivity contribution in [2.45, 2.75) is 23.9 Å². The number of carbonyl (C=O) groups is 1. The number of hydrogen-bond donors (Lipinski definition) is 2. The average molecular weight is 371 g/mol. The number of nitrogens with one attached hydrogen (secondary N) is 2. The molecule has 0 aliphatic rings. The molecule has 0 saturated heterocycles. The number of thioether (sulfide) groups is 1. The van der Waals surface area contributed by atoms with Crippen molar-refractivity contribution in [2.75, 3.05) is 0 Å². The van der Waals surface area contributed by atoms with Gasteiger partial charge in [0.1, 0.15) is 0 Å². The van der Waals surface area contributed by atoms with E-state index in [-0.39, 0.29) is 17.9 Å². The van der Waals surface area contributed by atoms with Gasteiger partial charge in [-0.2, -0.15) is 0 Å². The highest BCUT2D eigenvalue weighted by Crippen LogP contribution is 2.18. The topological polar surface area (TPSA) is 74.8 Å². The number of nitrogens with zero attached hydrogens (tertiary/aromatic N) is 1. The lowest BCUT2D eigenvalue weighted by molar-refractivity contribution is -0.120. The Morgan fingerprint density at radius 3 is 2.80 bits per heavy atom. The summed E-state index contributed by atoms with van der Waals surface area (Å²) in [7, 11) is 0. The molecule has 0 bridgehead atoms. The Kier molecular flexibility index (Phi) is 6.03. The Balaban J connectivity index is 1.58. The summed E-state index contributed by atoms with van der Waals surface area (Å²) in [5.41, 5.74) is 1.38. The first kappa shape index (κ1) is 17.4. The first-order chi connectivity index (χ1) is 12.2. The van der Waals surface area contributed by atoms with Crippen molar-refractivity contribution >= 4 is 29.0 Å². The van der Waals surface area contributed by atoms with E-state index >= 15 is 0 Å². The highest BCUT2D eigenvalue weighted by Gasteiger charge is 2.08. The van der Waals surface area contributed by atoms with Crippen molar-refractivity contribution in [2.24, 2.45) is 0 Å². The number of rotatable bonds is 7. The predicted molar refractivity (Wildman–Crippen MR) is 101 cm³/mol. The van der Waals surface area contributed by atoms with Crippen LogP contribution in [0.2, 0.25) is 0 Å². The third kappa shape index (κ3) is 5.58. The standard InChI is InChI=1S/C18H17N3O2S2/c22-16(19-11-15-7-4-8-24-15)9-14-10-17(23)21-18(20-14)25-12-13-5-2-1-3-6-13/h1-8,10H,9,11-12H2,(H,19,22)(H,20,21,23). The van der Waals surface area contributed by atoms with Gasteiger partial charge in [0.05, 0.1) is 18.7 Å². The molecule has 1 amide bonds. The SMILES string of the molecule is O=C(Cc1cc(=O)[nH]c(SCc2ccccc2)n1)NCc1cccs1. The van der Waals surface area contributed by atoms with Crippen LogP contribution in [-0.4, -0.2) is 15.9 Å². The third-order valence-electron chi connectivity index (χ3n) is 3.37. The molecule has 3 rings (SSSR count). The van der Waals surface area contributed by atoms with E-state index in [0.717, 1.165) is 10.4 Å². The van der Waals surface area contributed by atoms with Crippen LogP contribution in [0.4, 0.5) is 0 Å². The molecule has 0 unspecified atom stereocenters. The molecule has 7 heteroatoms. The third-order valence-corrected chi connectivity index (χ3v) is 5.19. The van der Waals surface area contributed by atoms with Crippen molar-refractivity contribution in [1.29, 1.82) is 0 Å². The normalized spacial score (nSPS) is 10.6. The monoisotopic (exact) mass is 371 g/mol. The summed E-state index contributed by atoms with van der Waals surface area (Å²) in [6.07, 6.45) is 0.0915. The molecule has 1 aromatic carbocycles. The second kappa shape index (κ2) is 8.64. The molecule has 0 aliphatic carbocycles. The molecule has 0 radical (unpaired) electrons. The fourth-order valence-corrected chi connectivity index (χ4v) is 3.69. The molecule has 2 aromatic heterocycles. The van der Waals surface area contributed by atoms with Gasteiger partial charge >= 0.3 is 0 Å². The van der Waals surface area contributed by atoms with Crippen LogP contribution in [0.5, 0.6) is 0 Å². The maximum Gasteiger partial charge on any atom is 0.251 e. The minimum Gasteiger partial charge on any atom is -0.351 e. The smallest absolute Gasteiger partial charge is 0.251 e. The Bertz CT molecular complexity index is 877. The Morgan fingerprint density at radius 2 is 2.04 bits per heavy atom. The van der Waals surface area contributed by atoms with Crippen LogP contribution < -0.4 is 10.9 Å². The number of amides is 1. The molecule has 0 spiro atoms. The number of benzene rings is 1. The van der Waals surface area contributed by atoms with Gasteiger partial charge in [0.2, 0.25) is 5.91 Å². The minimum atomic E-state index is -0.244. The molecule has 3 aromatic rings. The average Bonchev–Trinajstić information content (AvgIpc) is 3.12. The second-order valence-electron chi connectivity index (χ2n) is 5.35. The van der Waals surface area contributed by atoms with Crippen LogP contribution in [0.3, 0.4) is 0 Å². The van der Waals surface area contributed by atoms with Gasteiger partial charge in [0.15, 0.2) is 5.16 Å². The molecular weight excluding hydrogens is 354 g/mol. The number of hydrogen-bond acceptors (Lipinski definition) is 5. The van der Waals surface area contributed by atoms with Crippen molar-refractivity contribution in [3.05, 3.63) is 80.4 Å². The summed E-state index contributed by atoms with van der Waals surface area (Å²) in [6.45, 7) is 0.495. The van der Waals surface area contributed by atoms with Gasteiger partial charge in [0, 0.05) is 16.7 Å². The van der Waals surface area contributed by atoms with E-state index in [1.807, 2.05) is 47.8 Å². The van der Waals surface area contributed by atoms with Gasteiger partial charge in [-0.25, -0.2) is 4.98 Å². The number of aromatic nitrogens is 2. The first-order valence-electron chi connectivity index (χ1n) is 7.75. The Labute approximate surface area is 153 Å². The molecule has 0 saturated carbocycles. The van der Waals surface area contributed by atoms with E-state index in [0.29, 0.717) is 23.1 Å². The summed E-state index contributed by atoms with van der Waals surface area (Å²) in [5.74, 6) is 0.558. The molecule has 128 valence electrons. The summed E-state index contributed by atoms with van der Waals surface area (Å²) in [6, 6.07) is 15.2. The van der Waals surface area contributed by atoms with Crippen LogP contribution >= 0.6 is 23.1 Å². The van der Waals surface area contributed by atoms with Crippen LogP contribution in [0.1, 0.15) is 16.1 Å². The molecule has 5 nitrogen and oxygen atoms in total. The van der Waals surface area contributed by atoms with Crippen LogP contribution in [-0.2, 0) is 23.5 Å². The van der Waals surface area contributed by atoms with Crippen LogP contribution in [0.15, 0.2) is 63.9 Å². The second-order valence-corrected chi connectivity index (χ2v) is 7.35. The quantitative estimate of drug-likeness (QED) is 0.495. The van der Waals surface area contributed by atoms with Crippen molar-refractivity contribution in [1.82, 2.24) is 15.3 Å². The van der Waals surface area contributed by atoms with Gasteiger partial charge in [0.25, 0.3) is 5.56 Å². The van der Waals surface area contributed by atoms with Gasteiger partial charge in [-0.15, -0.1) is 11.3 Å². The maximum atomic E-state index is 12.0. The fraction of sp³-hybridized carbons (Fsp3) is 0.167. The van der Waals surface area contributed by atoms with Gasteiger partial charge < -0.3 is 10.3 Å². The van der Waals surface area contributed by atoms with E-state index in [1.165, 1.54) is 17.8 Å². The van der Waals surface area contributed by atoms with E-state index in [2.05, 4.69) is 15.3 Å². The Hall–Kier alpha value is -2.38. The summed E-state index contributed by atoms with van der Waals surface area (Å²) >= 11 is 3.04. The van der Waals surface area contributed by atoms with Crippen molar-refractivity contribution in [3.8, 4) is 0 Å². The Morgan fingerprint density at radius 1 is 1.20 bits per heavy atom.